The van der Waals surface area contributed by atoms with Crippen LogP contribution >= 0.6 is 0 Å². The SMILES string of the molecule is CCn1cc(C(=O)Nc2c(C)cccc2C(C)C)c(=O)c2cc(OC)ccc21. The number of aromatic nitrogens is 1. The van der Waals surface area contributed by atoms with Crippen LogP contribution in [0, 0.1) is 6.92 Å². The minimum Gasteiger partial charge on any atom is -0.497 e. The minimum atomic E-state index is -0.395. The first kappa shape index (κ1) is 19.7. The summed E-state index contributed by atoms with van der Waals surface area (Å²) in [4.78, 5) is 26.1. The fourth-order valence-electron chi connectivity index (χ4n) is 3.45. The van der Waals surface area contributed by atoms with Gasteiger partial charge in [-0.2, -0.15) is 0 Å². The van der Waals surface area contributed by atoms with Gasteiger partial charge >= 0.3 is 0 Å². The van der Waals surface area contributed by atoms with Crippen LogP contribution in [0.2, 0.25) is 0 Å². The Bertz CT molecular complexity index is 1100. The Hall–Kier alpha value is -3.08. The number of anilines is 1. The molecule has 0 aliphatic rings. The number of fused-ring (bicyclic) bond motifs is 1. The molecule has 0 unspecified atom stereocenters. The second-order valence-corrected chi connectivity index (χ2v) is 7.19. The van der Waals surface area contributed by atoms with Gasteiger partial charge in [0.15, 0.2) is 0 Å². The quantitative estimate of drug-likeness (QED) is 0.699. The lowest BCUT2D eigenvalue weighted by Gasteiger charge is -2.17. The molecule has 1 heterocycles. The van der Waals surface area contributed by atoms with E-state index in [0.717, 1.165) is 22.3 Å². The number of rotatable bonds is 5. The molecule has 1 N–H and O–H groups in total. The van der Waals surface area contributed by atoms with Crippen LogP contribution in [0.15, 0.2) is 47.4 Å². The molecule has 5 nitrogen and oxygen atoms in total. The Balaban J connectivity index is 2.13. The molecule has 0 aliphatic carbocycles. The molecule has 28 heavy (non-hydrogen) atoms. The van der Waals surface area contributed by atoms with E-state index in [0.29, 0.717) is 17.7 Å². The number of ether oxygens (including phenoxy) is 1. The van der Waals surface area contributed by atoms with Gasteiger partial charge in [0.2, 0.25) is 5.43 Å². The standard InChI is InChI=1S/C23H26N2O3/c1-6-25-13-19(22(26)18-12-16(28-5)10-11-20(18)25)23(27)24-21-15(4)8-7-9-17(21)14(2)3/h7-14H,6H2,1-5H3,(H,24,27). The molecular formula is C23H26N2O3. The molecular weight excluding hydrogens is 352 g/mol. The van der Waals surface area contributed by atoms with Gasteiger partial charge in [0.05, 0.1) is 18.0 Å². The van der Waals surface area contributed by atoms with E-state index in [4.69, 9.17) is 4.74 Å². The summed E-state index contributed by atoms with van der Waals surface area (Å²) in [6.45, 7) is 8.74. The lowest BCUT2D eigenvalue weighted by atomic mass is 9.98. The maximum Gasteiger partial charge on any atom is 0.261 e. The van der Waals surface area contributed by atoms with Gasteiger partial charge < -0.3 is 14.6 Å². The van der Waals surface area contributed by atoms with Gasteiger partial charge in [-0.15, -0.1) is 0 Å². The predicted molar refractivity (Wildman–Crippen MR) is 114 cm³/mol. The van der Waals surface area contributed by atoms with E-state index in [1.807, 2.05) is 48.7 Å². The zero-order valence-electron chi connectivity index (χ0n) is 17.0. The third-order valence-electron chi connectivity index (χ3n) is 5.04. The van der Waals surface area contributed by atoms with E-state index in [-0.39, 0.29) is 16.9 Å². The number of nitrogens with one attached hydrogen (secondary N) is 1. The van der Waals surface area contributed by atoms with Crippen LogP contribution in [-0.4, -0.2) is 17.6 Å². The fraction of sp³-hybridized carbons (Fsp3) is 0.304. The first-order chi connectivity index (χ1) is 13.4. The number of aryl methyl sites for hydroxylation is 2. The first-order valence-corrected chi connectivity index (χ1v) is 9.49. The molecule has 0 atom stereocenters. The molecule has 0 radical (unpaired) electrons. The summed E-state index contributed by atoms with van der Waals surface area (Å²) in [6.07, 6.45) is 1.64. The van der Waals surface area contributed by atoms with Crippen molar-refractivity contribution in [3.05, 3.63) is 69.5 Å². The van der Waals surface area contributed by atoms with Crippen molar-refractivity contribution in [2.45, 2.75) is 40.2 Å². The molecule has 0 aliphatic heterocycles. The third-order valence-corrected chi connectivity index (χ3v) is 5.04. The Morgan fingerprint density at radius 2 is 1.96 bits per heavy atom. The van der Waals surface area contributed by atoms with Crippen molar-refractivity contribution in [2.75, 3.05) is 12.4 Å². The molecule has 3 rings (SSSR count). The van der Waals surface area contributed by atoms with Gasteiger partial charge in [-0.3, -0.25) is 9.59 Å². The van der Waals surface area contributed by atoms with Crippen LogP contribution < -0.4 is 15.5 Å². The van der Waals surface area contributed by atoms with Crippen LogP contribution in [-0.2, 0) is 6.54 Å². The molecule has 0 fully saturated rings. The number of hydrogen-bond donors (Lipinski definition) is 1. The van der Waals surface area contributed by atoms with Crippen LogP contribution in [0.1, 0.15) is 48.2 Å². The van der Waals surface area contributed by atoms with Crippen LogP contribution in [0.3, 0.4) is 0 Å². The highest BCUT2D eigenvalue weighted by Crippen LogP contribution is 2.28. The van der Waals surface area contributed by atoms with E-state index in [2.05, 4.69) is 19.2 Å². The topological polar surface area (TPSA) is 60.3 Å². The molecule has 0 saturated carbocycles. The number of hydrogen-bond acceptors (Lipinski definition) is 3. The maximum atomic E-state index is 13.1. The zero-order chi connectivity index (χ0) is 20.4. The number of carbonyl (C=O) groups excluding carboxylic acids is 1. The number of methoxy groups -OCH3 is 1. The van der Waals surface area contributed by atoms with Gasteiger partial charge in [0.25, 0.3) is 5.91 Å². The third kappa shape index (κ3) is 3.52. The van der Waals surface area contributed by atoms with Gasteiger partial charge in [0.1, 0.15) is 11.3 Å². The van der Waals surface area contributed by atoms with Gasteiger partial charge in [-0.1, -0.05) is 32.0 Å². The van der Waals surface area contributed by atoms with Crippen molar-refractivity contribution in [1.82, 2.24) is 4.57 Å². The van der Waals surface area contributed by atoms with Crippen LogP contribution in [0.25, 0.3) is 10.9 Å². The minimum absolute atomic E-state index is 0.126. The number of amides is 1. The van der Waals surface area contributed by atoms with Gasteiger partial charge in [0, 0.05) is 18.4 Å². The van der Waals surface area contributed by atoms with Gasteiger partial charge in [-0.25, -0.2) is 0 Å². The second kappa shape index (κ2) is 7.89. The molecule has 5 heteroatoms. The van der Waals surface area contributed by atoms with Crippen molar-refractivity contribution in [3.8, 4) is 5.75 Å². The summed E-state index contributed by atoms with van der Waals surface area (Å²) in [5.74, 6) is 0.447. The van der Waals surface area contributed by atoms with Crippen LogP contribution in [0.5, 0.6) is 5.75 Å². The Kier molecular flexibility index (Phi) is 5.54. The maximum absolute atomic E-state index is 13.1. The summed E-state index contributed by atoms with van der Waals surface area (Å²) in [6, 6.07) is 11.3. The monoisotopic (exact) mass is 378 g/mol. The van der Waals surface area contributed by atoms with Crippen LogP contribution in [0.4, 0.5) is 5.69 Å². The van der Waals surface area contributed by atoms with Crippen molar-refractivity contribution in [1.29, 1.82) is 0 Å². The van der Waals surface area contributed by atoms with E-state index in [9.17, 15) is 9.59 Å². The summed E-state index contributed by atoms with van der Waals surface area (Å²) in [5.41, 5.74) is 3.40. The molecule has 2 aromatic carbocycles. The average Bonchev–Trinajstić information content (AvgIpc) is 2.69. The van der Waals surface area contributed by atoms with Crippen molar-refractivity contribution >= 4 is 22.5 Å². The zero-order valence-corrected chi connectivity index (χ0v) is 17.0. The van der Waals surface area contributed by atoms with Crippen molar-refractivity contribution < 1.29 is 9.53 Å². The number of pyridine rings is 1. The lowest BCUT2D eigenvalue weighted by Crippen LogP contribution is -2.24. The first-order valence-electron chi connectivity index (χ1n) is 9.49. The Morgan fingerprint density at radius 3 is 2.61 bits per heavy atom. The predicted octanol–water partition coefficient (Wildman–Crippen LogP) is 4.71. The lowest BCUT2D eigenvalue weighted by molar-refractivity contribution is 0.102. The summed E-state index contributed by atoms with van der Waals surface area (Å²) >= 11 is 0. The molecule has 0 spiro atoms. The van der Waals surface area contributed by atoms with E-state index < -0.39 is 5.91 Å². The number of carbonyl (C=O) groups is 1. The highest BCUT2D eigenvalue weighted by molar-refractivity contribution is 6.06. The molecule has 1 amide bonds. The summed E-state index contributed by atoms with van der Waals surface area (Å²) in [5, 5.41) is 3.45. The smallest absolute Gasteiger partial charge is 0.261 e. The van der Waals surface area contributed by atoms with Crippen molar-refractivity contribution in [2.24, 2.45) is 0 Å². The molecule has 1 aromatic heterocycles. The van der Waals surface area contributed by atoms with Gasteiger partial charge in [-0.05, 0) is 49.1 Å². The van der Waals surface area contributed by atoms with E-state index in [1.165, 1.54) is 0 Å². The van der Waals surface area contributed by atoms with E-state index in [1.54, 1.807) is 19.4 Å². The second-order valence-electron chi connectivity index (χ2n) is 7.19. The summed E-state index contributed by atoms with van der Waals surface area (Å²) in [7, 11) is 1.56. The molecule has 146 valence electrons. The largest absolute Gasteiger partial charge is 0.497 e. The normalized spacial score (nSPS) is 11.1. The molecule has 3 aromatic rings. The number of para-hydroxylation sites is 1. The fourth-order valence-corrected chi connectivity index (χ4v) is 3.45. The average molecular weight is 378 g/mol. The molecule has 0 bridgehead atoms. The summed E-state index contributed by atoms with van der Waals surface area (Å²) < 4.78 is 7.16. The number of nitrogens with zero attached hydrogens (tertiary/aromatic N) is 1. The van der Waals surface area contributed by atoms with Crippen molar-refractivity contribution in [3.63, 3.8) is 0 Å². The van der Waals surface area contributed by atoms with E-state index >= 15 is 0 Å². The molecule has 0 saturated heterocycles. The highest BCUT2D eigenvalue weighted by atomic mass is 16.5. The highest BCUT2D eigenvalue weighted by Gasteiger charge is 2.18. The number of benzene rings is 2. The Labute approximate surface area is 165 Å². The Morgan fingerprint density at radius 1 is 1.21 bits per heavy atom.